The Balaban J connectivity index is 2.58. The minimum absolute atomic E-state index is 0.0422. The molecule has 3 heteroatoms. The Labute approximate surface area is 81.7 Å². The van der Waals surface area contributed by atoms with Gasteiger partial charge in [-0.05, 0) is 25.5 Å². The van der Waals surface area contributed by atoms with Crippen molar-refractivity contribution in [2.45, 2.75) is 19.8 Å². The zero-order chi connectivity index (χ0) is 10.1. The number of hydrogen-bond donors (Lipinski definition) is 0. The number of rotatable bonds is 0. The molecule has 0 unspecified atom stereocenters. The van der Waals surface area contributed by atoms with Crippen LogP contribution in [0.5, 0.6) is 5.75 Å². The molecule has 2 nitrogen and oxygen atoms in total. The van der Waals surface area contributed by atoms with Gasteiger partial charge in [0, 0.05) is 12.0 Å². The molecule has 1 aromatic rings. The summed E-state index contributed by atoms with van der Waals surface area (Å²) >= 11 is 0. The van der Waals surface area contributed by atoms with Crippen LogP contribution in [0.4, 0.5) is 4.39 Å². The predicted octanol–water partition coefficient (Wildman–Crippen LogP) is 2.49. The minimum atomic E-state index is -0.321. The first-order chi connectivity index (χ1) is 6.70. The van der Waals surface area contributed by atoms with E-state index in [2.05, 4.69) is 0 Å². The van der Waals surface area contributed by atoms with Gasteiger partial charge >= 0.3 is 0 Å². The van der Waals surface area contributed by atoms with Crippen LogP contribution in [-0.2, 0) is 0 Å². The molecule has 1 aliphatic heterocycles. The molecule has 0 bridgehead atoms. The molecule has 0 N–H and O–H groups in total. The zero-order valence-corrected chi connectivity index (χ0v) is 7.97. The van der Waals surface area contributed by atoms with Crippen LogP contribution in [0.25, 0.3) is 0 Å². The van der Waals surface area contributed by atoms with Crippen LogP contribution >= 0.6 is 0 Å². The van der Waals surface area contributed by atoms with Crippen molar-refractivity contribution in [3.8, 4) is 5.75 Å². The second-order valence-corrected chi connectivity index (χ2v) is 3.42. The van der Waals surface area contributed by atoms with E-state index in [9.17, 15) is 9.18 Å². The fourth-order valence-corrected chi connectivity index (χ4v) is 1.61. The number of carbonyl (C=O) groups is 1. The van der Waals surface area contributed by atoms with Crippen molar-refractivity contribution in [2.75, 3.05) is 6.61 Å². The summed E-state index contributed by atoms with van der Waals surface area (Å²) in [6, 6.07) is 2.83. The Kier molecular flexibility index (Phi) is 2.23. The monoisotopic (exact) mass is 194 g/mol. The third-order valence-corrected chi connectivity index (χ3v) is 2.43. The van der Waals surface area contributed by atoms with Gasteiger partial charge in [0.15, 0.2) is 5.78 Å². The van der Waals surface area contributed by atoms with Crippen LogP contribution < -0.4 is 4.74 Å². The third kappa shape index (κ3) is 1.39. The second kappa shape index (κ2) is 3.40. The maximum Gasteiger partial charge on any atom is 0.166 e. The summed E-state index contributed by atoms with van der Waals surface area (Å²) in [6.07, 6.45) is 1.19. The lowest BCUT2D eigenvalue weighted by atomic mass is 10.0. The van der Waals surface area contributed by atoms with Crippen LogP contribution in [-0.4, -0.2) is 12.4 Å². The lowest BCUT2D eigenvalue weighted by Crippen LogP contribution is -2.01. The highest BCUT2D eigenvalue weighted by Crippen LogP contribution is 2.29. The highest BCUT2D eigenvalue weighted by Gasteiger charge is 2.19. The van der Waals surface area contributed by atoms with E-state index in [1.165, 1.54) is 12.1 Å². The Morgan fingerprint density at radius 3 is 3.00 bits per heavy atom. The molecular weight excluding hydrogens is 183 g/mol. The molecule has 1 aromatic carbocycles. The normalized spacial score (nSPS) is 15.7. The first-order valence-electron chi connectivity index (χ1n) is 4.65. The molecule has 1 heterocycles. The summed E-state index contributed by atoms with van der Waals surface area (Å²) in [5.41, 5.74) is 0.944. The van der Waals surface area contributed by atoms with Crippen molar-refractivity contribution in [2.24, 2.45) is 0 Å². The van der Waals surface area contributed by atoms with E-state index in [4.69, 9.17) is 4.74 Å². The molecule has 0 saturated heterocycles. The second-order valence-electron chi connectivity index (χ2n) is 3.42. The van der Waals surface area contributed by atoms with Gasteiger partial charge in [0.25, 0.3) is 0 Å². The topological polar surface area (TPSA) is 26.3 Å². The lowest BCUT2D eigenvalue weighted by Gasteiger charge is -2.09. The Hall–Kier alpha value is -1.38. The molecule has 0 fully saturated rings. The number of Topliss-reactive ketones (excluding diaryl/α,β-unsaturated/α-hetero) is 1. The Morgan fingerprint density at radius 1 is 1.43 bits per heavy atom. The molecule has 0 atom stereocenters. The quantitative estimate of drug-likeness (QED) is 0.634. The Bertz CT molecular complexity index is 385. The van der Waals surface area contributed by atoms with Crippen molar-refractivity contribution in [3.63, 3.8) is 0 Å². The van der Waals surface area contributed by atoms with Gasteiger partial charge in [-0.15, -0.1) is 0 Å². The number of fused-ring (bicyclic) bond motifs is 1. The van der Waals surface area contributed by atoms with Crippen molar-refractivity contribution in [3.05, 3.63) is 29.1 Å². The number of ether oxygens (including phenoxy) is 1. The molecule has 0 saturated carbocycles. The summed E-state index contributed by atoms with van der Waals surface area (Å²) in [7, 11) is 0. The van der Waals surface area contributed by atoms with E-state index in [1.54, 1.807) is 6.92 Å². The van der Waals surface area contributed by atoms with Crippen molar-refractivity contribution in [1.82, 2.24) is 0 Å². The Morgan fingerprint density at radius 2 is 2.21 bits per heavy atom. The molecule has 0 aromatic heterocycles. The molecular formula is C11H11FO2. The van der Waals surface area contributed by atoms with Crippen molar-refractivity contribution in [1.29, 1.82) is 0 Å². The van der Waals surface area contributed by atoms with Gasteiger partial charge in [-0.25, -0.2) is 4.39 Å². The molecule has 14 heavy (non-hydrogen) atoms. The fourth-order valence-electron chi connectivity index (χ4n) is 1.61. The highest BCUT2D eigenvalue weighted by atomic mass is 19.1. The maximum absolute atomic E-state index is 13.2. The van der Waals surface area contributed by atoms with Gasteiger partial charge in [-0.1, -0.05) is 0 Å². The lowest BCUT2D eigenvalue weighted by molar-refractivity contribution is 0.0983. The molecule has 1 aliphatic rings. The number of carbonyl (C=O) groups excluding carboxylic acids is 1. The summed E-state index contributed by atoms with van der Waals surface area (Å²) in [5, 5.41) is 0. The van der Waals surface area contributed by atoms with Gasteiger partial charge < -0.3 is 4.74 Å². The van der Waals surface area contributed by atoms with Crippen LogP contribution in [0.3, 0.4) is 0 Å². The SMILES string of the molecule is Cc1c(F)ccc2c1OCCCC2=O. The number of halogens is 1. The molecule has 0 aliphatic carbocycles. The maximum atomic E-state index is 13.2. The van der Waals surface area contributed by atoms with Gasteiger partial charge in [0.05, 0.1) is 12.2 Å². The van der Waals surface area contributed by atoms with Crippen LogP contribution in [0.2, 0.25) is 0 Å². The van der Waals surface area contributed by atoms with E-state index in [0.29, 0.717) is 36.3 Å². The molecule has 74 valence electrons. The van der Waals surface area contributed by atoms with Crippen LogP contribution in [0, 0.1) is 12.7 Å². The molecule has 0 amide bonds. The van der Waals surface area contributed by atoms with Crippen molar-refractivity contribution < 1.29 is 13.9 Å². The van der Waals surface area contributed by atoms with Crippen molar-refractivity contribution >= 4 is 5.78 Å². The number of hydrogen-bond acceptors (Lipinski definition) is 2. The number of ketones is 1. The van der Waals surface area contributed by atoms with Crippen LogP contribution in [0.15, 0.2) is 12.1 Å². The first-order valence-corrected chi connectivity index (χ1v) is 4.65. The zero-order valence-electron chi connectivity index (χ0n) is 7.97. The van der Waals surface area contributed by atoms with E-state index < -0.39 is 0 Å². The van der Waals surface area contributed by atoms with E-state index in [-0.39, 0.29) is 11.6 Å². The minimum Gasteiger partial charge on any atom is -0.492 e. The van der Waals surface area contributed by atoms with Gasteiger partial charge in [-0.2, -0.15) is 0 Å². The summed E-state index contributed by atoms with van der Waals surface area (Å²) in [4.78, 5) is 11.6. The number of benzene rings is 1. The van der Waals surface area contributed by atoms with E-state index in [0.717, 1.165) is 0 Å². The van der Waals surface area contributed by atoms with E-state index >= 15 is 0 Å². The average molecular weight is 194 g/mol. The van der Waals surface area contributed by atoms with E-state index in [1.807, 2.05) is 0 Å². The molecule has 0 spiro atoms. The molecule has 2 rings (SSSR count). The largest absolute Gasteiger partial charge is 0.492 e. The van der Waals surface area contributed by atoms with Gasteiger partial charge in [-0.3, -0.25) is 4.79 Å². The smallest absolute Gasteiger partial charge is 0.166 e. The standard InChI is InChI=1S/C11H11FO2/c1-7-9(12)5-4-8-10(13)3-2-6-14-11(7)8/h4-5H,2-3,6H2,1H3. The summed E-state index contributed by atoms with van der Waals surface area (Å²) in [6.45, 7) is 2.12. The summed E-state index contributed by atoms with van der Waals surface area (Å²) < 4.78 is 18.5. The first kappa shape index (κ1) is 9.19. The van der Waals surface area contributed by atoms with Gasteiger partial charge in [0.2, 0.25) is 0 Å². The average Bonchev–Trinajstić information content (AvgIpc) is 2.35. The fraction of sp³-hybridized carbons (Fsp3) is 0.364. The highest BCUT2D eigenvalue weighted by molar-refractivity contribution is 5.99. The molecule has 0 radical (unpaired) electrons. The summed E-state index contributed by atoms with van der Waals surface area (Å²) in [5.74, 6) is 0.145. The predicted molar refractivity (Wildman–Crippen MR) is 50.2 cm³/mol. The van der Waals surface area contributed by atoms with Gasteiger partial charge in [0.1, 0.15) is 11.6 Å². The van der Waals surface area contributed by atoms with Crippen LogP contribution in [0.1, 0.15) is 28.8 Å². The third-order valence-electron chi connectivity index (χ3n) is 2.43.